The molecular weight excluding hydrogens is 188 g/mol. The molecule has 0 saturated carbocycles. The largest absolute Gasteiger partial charge is 0.377 e. The zero-order valence-corrected chi connectivity index (χ0v) is 9.65. The Morgan fingerprint density at radius 3 is 2.53 bits per heavy atom. The molecule has 1 aromatic carbocycles. The van der Waals surface area contributed by atoms with E-state index < -0.39 is 0 Å². The van der Waals surface area contributed by atoms with E-state index in [1.165, 1.54) is 16.8 Å². The Kier molecular flexibility index (Phi) is 3.58. The van der Waals surface area contributed by atoms with Gasteiger partial charge in [-0.25, -0.2) is 0 Å². The first-order valence-corrected chi connectivity index (χ1v) is 4.84. The molecule has 0 atom stereocenters. The molecule has 0 fully saturated rings. The number of anilines is 1. The summed E-state index contributed by atoms with van der Waals surface area (Å²) < 4.78 is 0. The zero-order chi connectivity index (χ0) is 11.4. The number of nitrogens with zero attached hydrogens (tertiary/aromatic N) is 4. The Morgan fingerprint density at radius 1 is 1.33 bits per heavy atom. The second-order valence-corrected chi connectivity index (χ2v) is 3.84. The zero-order valence-electron chi connectivity index (χ0n) is 9.65. The molecule has 0 aliphatic carbocycles. The van der Waals surface area contributed by atoms with Gasteiger partial charge < -0.3 is 4.90 Å². The molecular formula is C11H16N4. The van der Waals surface area contributed by atoms with E-state index in [9.17, 15) is 0 Å². The van der Waals surface area contributed by atoms with Gasteiger partial charge in [-0.1, -0.05) is 11.2 Å². The van der Waals surface area contributed by atoms with Crippen LogP contribution >= 0.6 is 0 Å². The molecule has 0 aliphatic rings. The molecule has 80 valence electrons. The van der Waals surface area contributed by atoms with Gasteiger partial charge in [-0.05, 0) is 42.1 Å². The Bertz CT molecular complexity index is 403. The van der Waals surface area contributed by atoms with Gasteiger partial charge in [0.2, 0.25) is 0 Å². The first-order valence-electron chi connectivity index (χ1n) is 4.84. The van der Waals surface area contributed by atoms with Gasteiger partial charge in [0, 0.05) is 24.7 Å². The third-order valence-electron chi connectivity index (χ3n) is 2.50. The van der Waals surface area contributed by atoms with Crippen molar-refractivity contribution < 1.29 is 0 Å². The monoisotopic (exact) mass is 204 g/mol. The molecule has 0 amide bonds. The normalized spacial score (nSPS) is 9.60. The second kappa shape index (κ2) is 4.71. The summed E-state index contributed by atoms with van der Waals surface area (Å²) in [5.41, 5.74) is 13.0. The van der Waals surface area contributed by atoms with Gasteiger partial charge >= 0.3 is 0 Å². The minimum Gasteiger partial charge on any atom is -0.377 e. The van der Waals surface area contributed by atoms with Crippen molar-refractivity contribution in [1.82, 2.24) is 0 Å². The first-order chi connectivity index (χ1) is 7.06. The minimum absolute atomic E-state index is 0.415. The number of rotatable bonds is 3. The molecule has 4 heteroatoms. The lowest BCUT2D eigenvalue weighted by Crippen LogP contribution is -2.11. The van der Waals surface area contributed by atoms with E-state index in [2.05, 4.69) is 40.9 Å². The lowest BCUT2D eigenvalue weighted by atomic mass is 10.0. The molecule has 0 N–H and O–H groups in total. The van der Waals surface area contributed by atoms with Crippen molar-refractivity contribution in [2.75, 3.05) is 19.0 Å². The SMILES string of the molecule is Cc1cc(CN=[N+]=[N-])cc(N(C)C)c1C. The number of hydrogen-bond acceptors (Lipinski definition) is 2. The van der Waals surface area contributed by atoms with Crippen LogP contribution in [0.1, 0.15) is 16.7 Å². The lowest BCUT2D eigenvalue weighted by Gasteiger charge is -2.18. The molecule has 0 unspecified atom stereocenters. The minimum atomic E-state index is 0.415. The number of aryl methyl sites for hydroxylation is 1. The van der Waals surface area contributed by atoms with E-state index in [-0.39, 0.29) is 0 Å². The van der Waals surface area contributed by atoms with Crippen molar-refractivity contribution in [1.29, 1.82) is 0 Å². The van der Waals surface area contributed by atoms with Gasteiger partial charge in [-0.15, -0.1) is 0 Å². The van der Waals surface area contributed by atoms with Crippen LogP contribution in [0.4, 0.5) is 5.69 Å². The van der Waals surface area contributed by atoms with Crippen molar-refractivity contribution in [3.05, 3.63) is 39.3 Å². The van der Waals surface area contributed by atoms with E-state index in [1.54, 1.807) is 0 Å². The van der Waals surface area contributed by atoms with Crippen LogP contribution in [0.3, 0.4) is 0 Å². The van der Waals surface area contributed by atoms with Crippen LogP contribution in [0.15, 0.2) is 17.2 Å². The Labute approximate surface area is 90.1 Å². The van der Waals surface area contributed by atoms with Gasteiger partial charge in [0.25, 0.3) is 0 Å². The second-order valence-electron chi connectivity index (χ2n) is 3.84. The third-order valence-corrected chi connectivity index (χ3v) is 2.50. The van der Waals surface area contributed by atoms with E-state index in [4.69, 9.17) is 5.53 Å². The predicted molar refractivity (Wildman–Crippen MR) is 63.1 cm³/mol. The summed E-state index contributed by atoms with van der Waals surface area (Å²) in [5, 5.41) is 3.58. The molecule has 15 heavy (non-hydrogen) atoms. The van der Waals surface area contributed by atoms with E-state index in [0.717, 1.165) is 5.56 Å². The Balaban J connectivity index is 3.16. The summed E-state index contributed by atoms with van der Waals surface area (Å²) in [6.45, 7) is 4.59. The van der Waals surface area contributed by atoms with Gasteiger partial charge in [0.05, 0.1) is 6.54 Å². The van der Waals surface area contributed by atoms with Crippen LogP contribution < -0.4 is 4.90 Å². The van der Waals surface area contributed by atoms with Crippen LogP contribution in [0.25, 0.3) is 10.4 Å². The highest BCUT2D eigenvalue weighted by molar-refractivity contribution is 5.57. The summed E-state index contributed by atoms with van der Waals surface area (Å²) in [6, 6.07) is 4.13. The third kappa shape index (κ3) is 2.64. The molecule has 0 saturated heterocycles. The van der Waals surface area contributed by atoms with E-state index in [1.807, 2.05) is 14.1 Å². The standard InChI is InChI=1S/C11H16N4/c1-8-5-10(7-13-14-12)6-11(9(8)2)15(3)4/h5-6H,7H2,1-4H3. The van der Waals surface area contributed by atoms with E-state index in [0.29, 0.717) is 6.54 Å². The van der Waals surface area contributed by atoms with Crippen molar-refractivity contribution in [3.63, 3.8) is 0 Å². The fraction of sp³-hybridized carbons (Fsp3) is 0.455. The molecule has 4 nitrogen and oxygen atoms in total. The lowest BCUT2D eigenvalue weighted by molar-refractivity contribution is 1.02. The highest BCUT2D eigenvalue weighted by atomic mass is 15.1. The fourth-order valence-corrected chi connectivity index (χ4v) is 1.58. The van der Waals surface area contributed by atoms with Crippen LogP contribution in [0, 0.1) is 13.8 Å². The average Bonchev–Trinajstić information content (AvgIpc) is 2.19. The summed E-state index contributed by atoms with van der Waals surface area (Å²) >= 11 is 0. The van der Waals surface area contributed by atoms with Crippen molar-refractivity contribution in [2.45, 2.75) is 20.4 Å². The highest BCUT2D eigenvalue weighted by Crippen LogP contribution is 2.23. The van der Waals surface area contributed by atoms with Gasteiger partial charge in [0.15, 0.2) is 0 Å². The maximum atomic E-state index is 8.28. The molecule has 0 aliphatic heterocycles. The van der Waals surface area contributed by atoms with Crippen LogP contribution in [0.5, 0.6) is 0 Å². The molecule has 0 aromatic heterocycles. The Morgan fingerprint density at radius 2 is 2.00 bits per heavy atom. The average molecular weight is 204 g/mol. The fourth-order valence-electron chi connectivity index (χ4n) is 1.58. The number of benzene rings is 1. The van der Waals surface area contributed by atoms with Crippen LogP contribution in [-0.4, -0.2) is 14.1 Å². The van der Waals surface area contributed by atoms with Crippen molar-refractivity contribution in [3.8, 4) is 0 Å². The molecule has 0 spiro atoms. The maximum Gasteiger partial charge on any atom is 0.0511 e. The molecule has 1 aromatic rings. The number of hydrogen-bond donors (Lipinski definition) is 0. The van der Waals surface area contributed by atoms with Crippen molar-refractivity contribution in [2.24, 2.45) is 5.11 Å². The highest BCUT2D eigenvalue weighted by Gasteiger charge is 2.05. The van der Waals surface area contributed by atoms with Gasteiger partial charge in [-0.3, -0.25) is 0 Å². The summed E-state index contributed by atoms with van der Waals surface area (Å²) in [5.74, 6) is 0. The smallest absolute Gasteiger partial charge is 0.0511 e. The summed E-state index contributed by atoms with van der Waals surface area (Å²) in [6.07, 6.45) is 0. The molecule has 0 bridgehead atoms. The quantitative estimate of drug-likeness (QED) is 0.424. The van der Waals surface area contributed by atoms with Crippen LogP contribution in [-0.2, 0) is 6.54 Å². The first kappa shape index (κ1) is 11.4. The predicted octanol–water partition coefficient (Wildman–Crippen LogP) is 3.18. The molecule has 0 heterocycles. The maximum absolute atomic E-state index is 8.28. The molecule has 1 rings (SSSR count). The number of azide groups is 1. The topological polar surface area (TPSA) is 52.0 Å². The Hall–Kier alpha value is -1.67. The van der Waals surface area contributed by atoms with Gasteiger partial charge in [-0.2, -0.15) is 0 Å². The van der Waals surface area contributed by atoms with Crippen LogP contribution in [0.2, 0.25) is 0 Å². The van der Waals surface area contributed by atoms with Gasteiger partial charge in [0.1, 0.15) is 0 Å². The summed E-state index contributed by atoms with van der Waals surface area (Å²) in [4.78, 5) is 4.84. The van der Waals surface area contributed by atoms with Crippen molar-refractivity contribution >= 4 is 5.69 Å². The summed E-state index contributed by atoms with van der Waals surface area (Å²) in [7, 11) is 4.03. The van der Waals surface area contributed by atoms with E-state index >= 15 is 0 Å². The molecule has 0 radical (unpaired) electrons.